The highest BCUT2D eigenvalue weighted by atomic mass is 16.5. The number of hydrogen-bond acceptors (Lipinski definition) is 4. The van der Waals surface area contributed by atoms with Gasteiger partial charge in [-0.1, -0.05) is 50.2 Å². The van der Waals surface area contributed by atoms with Crippen molar-refractivity contribution in [2.75, 3.05) is 17.3 Å². The number of rotatable bonds is 5. The average Bonchev–Trinajstić information content (AvgIpc) is 2.83. The molecule has 31 heavy (non-hydrogen) atoms. The van der Waals surface area contributed by atoms with Crippen LogP contribution in [0.1, 0.15) is 64.2 Å². The molecule has 2 atom stereocenters. The molecular formula is C26H26N2O3. The van der Waals surface area contributed by atoms with Crippen LogP contribution in [-0.2, 0) is 4.74 Å². The highest BCUT2D eigenvalue weighted by Crippen LogP contribution is 2.37. The van der Waals surface area contributed by atoms with Crippen LogP contribution in [-0.4, -0.2) is 19.0 Å². The van der Waals surface area contributed by atoms with Gasteiger partial charge in [-0.2, -0.15) is 0 Å². The quantitative estimate of drug-likeness (QED) is 0.540. The smallest absolute Gasteiger partial charge is 0.337 e. The highest BCUT2D eigenvalue weighted by molar-refractivity contribution is 6.12. The summed E-state index contributed by atoms with van der Waals surface area (Å²) in [5.74, 6) is 0.0152. The van der Waals surface area contributed by atoms with Gasteiger partial charge in [0.1, 0.15) is 6.17 Å². The zero-order chi connectivity index (χ0) is 22.0. The van der Waals surface area contributed by atoms with Crippen LogP contribution >= 0.6 is 0 Å². The summed E-state index contributed by atoms with van der Waals surface area (Å²) in [4.78, 5) is 27.1. The van der Waals surface area contributed by atoms with Gasteiger partial charge in [-0.15, -0.1) is 0 Å². The van der Waals surface area contributed by atoms with E-state index in [-0.39, 0.29) is 11.9 Å². The van der Waals surface area contributed by atoms with Crippen LogP contribution < -0.4 is 10.2 Å². The number of fused-ring (bicyclic) bond motifs is 1. The Hall–Kier alpha value is -3.60. The first kappa shape index (κ1) is 20.7. The summed E-state index contributed by atoms with van der Waals surface area (Å²) in [7, 11) is 1.36. The first-order valence-corrected chi connectivity index (χ1v) is 10.5. The molecule has 158 valence electrons. The molecule has 1 heterocycles. The van der Waals surface area contributed by atoms with Crippen molar-refractivity contribution in [3.63, 3.8) is 0 Å². The van der Waals surface area contributed by atoms with E-state index in [0.29, 0.717) is 17.0 Å². The average molecular weight is 415 g/mol. The fraction of sp³-hybridized carbons (Fsp3) is 0.231. The Kier molecular flexibility index (Phi) is 5.76. The predicted molar refractivity (Wildman–Crippen MR) is 123 cm³/mol. The summed E-state index contributed by atoms with van der Waals surface area (Å²) in [6.07, 6.45) is 0.662. The number of hydrogen-bond donors (Lipinski definition) is 1. The zero-order valence-corrected chi connectivity index (χ0v) is 18.0. The van der Waals surface area contributed by atoms with Crippen molar-refractivity contribution in [3.8, 4) is 0 Å². The summed E-state index contributed by atoms with van der Waals surface area (Å²) in [6.45, 7) is 4.37. The molecule has 0 spiro atoms. The van der Waals surface area contributed by atoms with Gasteiger partial charge < -0.3 is 10.1 Å². The number of anilines is 2. The predicted octanol–water partition coefficient (Wildman–Crippen LogP) is 5.76. The molecule has 5 heteroatoms. The van der Waals surface area contributed by atoms with Crippen LogP contribution in [0.5, 0.6) is 0 Å². The number of methoxy groups -OCH3 is 1. The molecule has 0 saturated heterocycles. The molecule has 1 aliphatic heterocycles. The lowest BCUT2D eigenvalue weighted by Gasteiger charge is -2.38. The van der Waals surface area contributed by atoms with Crippen molar-refractivity contribution in [1.82, 2.24) is 0 Å². The molecule has 1 N–H and O–H groups in total. The first-order valence-electron chi connectivity index (χ1n) is 10.5. The van der Waals surface area contributed by atoms with E-state index in [1.54, 1.807) is 17.0 Å². The number of para-hydroxylation sites is 1. The fourth-order valence-electron chi connectivity index (χ4n) is 3.87. The first-order chi connectivity index (χ1) is 15.0. The highest BCUT2D eigenvalue weighted by Gasteiger charge is 2.34. The van der Waals surface area contributed by atoms with Gasteiger partial charge in [0.25, 0.3) is 5.91 Å². The molecule has 0 bridgehead atoms. The van der Waals surface area contributed by atoms with Crippen LogP contribution in [0, 0.1) is 0 Å². The normalized spacial score (nSPS) is 16.3. The molecule has 0 aromatic heterocycles. The molecule has 2 unspecified atom stereocenters. The molecule has 0 fully saturated rings. The molecular weight excluding hydrogens is 388 g/mol. The van der Waals surface area contributed by atoms with Gasteiger partial charge in [-0.3, -0.25) is 9.69 Å². The second-order valence-electron chi connectivity index (χ2n) is 7.78. The summed E-state index contributed by atoms with van der Waals surface area (Å²) in [5.41, 5.74) is 4.85. The minimum atomic E-state index is -0.399. The van der Waals surface area contributed by atoms with Crippen molar-refractivity contribution >= 4 is 23.3 Å². The number of ether oxygens (including phenoxy) is 1. The standard InChI is InChI=1S/C26H26N2O3/c1-4-17(2)18-13-15-21(16-14-18)28-24(19-9-11-20(12-10-19)26(30)31-3)27-23-8-6-5-7-22(23)25(28)29/h5-17,24,27H,4H2,1-3H3. The number of nitrogens with one attached hydrogen (secondary N) is 1. The summed E-state index contributed by atoms with van der Waals surface area (Å²) >= 11 is 0. The van der Waals surface area contributed by atoms with Crippen LogP contribution in [0.3, 0.4) is 0 Å². The van der Waals surface area contributed by atoms with Gasteiger partial charge in [-0.25, -0.2) is 4.79 Å². The molecule has 0 radical (unpaired) electrons. The maximum absolute atomic E-state index is 13.5. The molecule has 1 aliphatic rings. The third-order valence-electron chi connectivity index (χ3n) is 5.93. The largest absolute Gasteiger partial charge is 0.465 e. The minimum Gasteiger partial charge on any atom is -0.465 e. The maximum atomic E-state index is 13.5. The lowest BCUT2D eigenvalue weighted by molar-refractivity contribution is 0.0600. The summed E-state index contributed by atoms with van der Waals surface area (Å²) < 4.78 is 4.80. The van der Waals surface area contributed by atoms with E-state index in [9.17, 15) is 9.59 Å². The van der Waals surface area contributed by atoms with Crippen molar-refractivity contribution in [2.45, 2.75) is 32.4 Å². The van der Waals surface area contributed by atoms with Gasteiger partial charge in [0, 0.05) is 11.4 Å². The van der Waals surface area contributed by atoms with Gasteiger partial charge in [0.05, 0.1) is 18.2 Å². The number of esters is 1. The van der Waals surface area contributed by atoms with Crippen molar-refractivity contribution in [2.24, 2.45) is 0 Å². The third-order valence-corrected chi connectivity index (χ3v) is 5.93. The fourth-order valence-corrected chi connectivity index (χ4v) is 3.87. The molecule has 3 aromatic carbocycles. The summed E-state index contributed by atoms with van der Waals surface area (Å²) in [5, 5.41) is 3.49. The van der Waals surface area contributed by atoms with Gasteiger partial charge >= 0.3 is 5.97 Å². The van der Waals surface area contributed by atoms with E-state index < -0.39 is 6.17 Å². The van der Waals surface area contributed by atoms with E-state index in [1.807, 2.05) is 48.5 Å². The zero-order valence-electron chi connectivity index (χ0n) is 18.0. The Morgan fingerprint density at radius 1 is 1.03 bits per heavy atom. The van der Waals surface area contributed by atoms with Crippen molar-refractivity contribution in [3.05, 3.63) is 95.1 Å². The minimum absolute atomic E-state index is 0.0623. The van der Waals surface area contributed by atoms with Crippen molar-refractivity contribution in [1.29, 1.82) is 0 Å². The van der Waals surface area contributed by atoms with Gasteiger partial charge in [0.15, 0.2) is 0 Å². The molecule has 5 nitrogen and oxygen atoms in total. The van der Waals surface area contributed by atoms with E-state index in [1.165, 1.54) is 12.7 Å². The number of carbonyl (C=O) groups excluding carboxylic acids is 2. The number of benzene rings is 3. The Labute approximate surface area is 182 Å². The van der Waals surface area contributed by atoms with E-state index in [0.717, 1.165) is 23.4 Å². The lowest BCUT2D eigenvalue weighted by Crippen LogP contribution is -2.43. The van der Waals surface area contributed by atoms with E-state index in [4.69, 9.17) is 4.74 Å². The number of nitrogens with zero attached hydrogens (tertiary/aromatic N) is 1. The Morgan fingerprint density at radius 2 is 1.71 bits per heavy atom. The third kappa shape index (κ3) is 3.91. The van der Waals surface area contributed by atoms with Gasteiger partial charge in [-0.05, 0) is 59.9 Å². The lowest BCUT2D eigenvalue weighted by atomic mass is 9.97. The van der Waals surface area contributed by atoms with E-state index >= 15 is 0 Å². The number of carbonyl (C=O) groups is 2. The molecule has 0 saturated carbocycles. The van der Waals surface area contributed by atoms with Gasteiger partial charge in [0.2, 0.25) is 0 Å². The van der Waals surface area contributed by atoms with Crippen molar-refractivity contribution < 1.29 is 14.3 Å². The second kappa shape index (κ2) is 8.64. The van der Waals surface area contributed by atoms with E-state index in [2.05, 4.69) is 31.3 Å². The Balaban J connectivity index is 1.76. The number of amides is 1. The van der Waals surface area contributed by atoms with Crippen LogP contribution in [0.2, 0.25) is 0 Å². The topological polar surface area (TPSA) is 58.6 Å². The summed E-state index contributed by atoms with van der Waals surface area (Å²) in [6, 6.07) is 22.9. The SMILES string of the molecule is CCC(C)c1ccc(N2C(=O)c3ccccc3NC2c2ccc(C(=O)OC)cc2)cc1. The van der Waals surface area contributed by atoms with Crippen LogP contribution in [0.4, 0.5) is 11.4 Å². The molecule has 4 rings (SSSR count). The monoisotopic (exact) mass is 414 g/mol. The molecule has 1 amide bonds. The Bertz CT molecular complexity index is 1090. The Morgan fingerprint density at radius 3 is 2.35 bits per heavy atom. The van der Waals surface area contributed by atoms with Crippen LogP contribution in [0.25, 0.3) is 0 Å². The second-order valence-corrected chi connectivity index (χ2v) is 7.78. The molecule has 3 aromatic rings. The molecule has 0 aliphatic carbocycles. The maximum Gasteiger partial charge on any atom is 0.337 e. The van der Waals surface area contributed by atoms with Crippen LogP contribution in [0.15, 0.2) is 72.8 Å².